The summed E-state index contributed by atoms with van der Waals surface area (Å²) in [5.74, 6) is -0.0906. The number of amides is 1. The van der Waals surface area contributed by atoms with Crippen LogP contribution in [0.1, 0.15) is 23.1 Å². The van der Waals surface area contributed by atoms with Gasteiger partial charge in [0.15, 0.2) is 6.61 Å². The van der Waals surface area contributed by atoms with Gasteiger partial charge < -0.3 is 10.1 Å². The second kappa shape index (κ2) is 9.45. The lowest BCUT2D eigenvalue weighted by atomic mass is 10.0. The molecule has 0 aromatic heterocycles. The van der Waals surface area contributed by atoms with Gasteiger partial charge in [-0.05, 0) is 73.7 Å². The molecule has 0 saturated carbocycles. The number of fused-ring (bicyclic) bond motifs is 1. The van der Waals surface area contributed by atoms with E-state index in [-0.39, 0.29) is 28.2 Å². The molecule has 3 aromatic rings. The second-order valence-corrected chi connectivity index (χ2v) is 10.3. The zero-order chi connectivity index (χ0) is 23.6. The zero-order valence-corrected chi connectivity index (χ0v) is 20.0. The van der Waals surface area contributed by atoms with E-state index in [0.29, 0.717) is 12.2 Å². The lowest BCUT2D eigenvalue weighted by molar-refractivity contribution is -0.118. The molecule has 0 atom stereocenters. The van der Waals surface area contributed by atoms with Gasteiger partial charge in [0.1, 0.15) is 5.75 Å². The summed E-state index contributed by atoms with van der Waals surface area (Å²) in [5.41, 5.74) is 4.48. The minimum absolute atomic E-state index is 0.0800. The molecule has 3 aromatic carbocycles. The maximum Gasteiger partial charge on any atom is 0.264 e. The van der Waals surface area contributed by atoms with E-state index < -0.39 is 10.0 Å². The van der Waals surface area contributed by atoms with Crippen LogP contribution in [0.15, 0.2) is 65.6 Å². The van der Waals surface area contributed by atoms with E-state index in [1.165, 1.54) is 22.5 Å². The number of hydrogen-bond donors (Lipinski definition) is 1. The molecular weight excluding hydrogens is 460 g/mol. The first-order valence-electron chi connectivity index (χ1n) is 10.7. The molecule has 4 rings (SSSR count). The van der Waals surface area contributed by atoms with Crippen molar-refractivity contribution < 1.29 is 17.9 Å². The highest BCUT2D eigenvalue weighted by Crippen LogP contribution is 2.34. The average Bonchev–Trinajstić information content (AvgIpc) is 2.80. The number of hydrogen-bond acceptors (Lipinski definition) is 4. The molecule has 0 saturated heterocycles. The minimum Gasteiger partial charge on any atom is -0.482 e. The molecule has 0 fully saturated rings. The third-order valence-corrected chi connectivity index (χ3v) is 7.90. The number of carbonyl (C=O) groups is 1. The number of ether oxygens (including phenoxy) is 1. The van der Waals surface area contributed by atoms with Crippen molar-refractivity contribution in [3.05, 3.63) is 82.4 Å². The van der Waals surface area contributed by atoms with Crippen molar-refractivity contribution in [3.8, 4) is 5.75 Å². The van der Waals surface area contributed by atoms with E-state index >= 15 is 0 Å². The number of carbonyl (C=O) groups excluding carboxylic acids is 1. The summed E-state index contributed by atoms with van der Waals surface area (Å²) < 4.78 is 33.6. The maximum atomic E-state index is 13.3. The molecule has 0 spiro atoms. The summed E-state index contributed by atoms with van der Waals surface area (Å²) in [5, 5.41) is 2.95. The molecule has 8 heteroatoms. The Balaban J connectivity index is 1.47. The van der Waals surface area contributed by atoms with E-state index in [4.69, 9.17) is 16.3 Å². The van der Waals surface area contributed by atoms with Crippen LogP contribution in [0.4, 0.5) is 11.4 Å². The van der Waals surface area contributed by atoms with Gasteiger partial charge in [-0.1, -0.05) is 41.9 Å². The molecule has 1 aliphatic heterocycles. The number of nitrogens with zero attached hydrogens (tertiary/aromatic N) is 1. The Morgan fingerprint density at radius 3 is 2.67 bits per heavy atom. The van der Waals surface area contributed by atoms with E-state index in [1.807, 2.05) is 56.3 Å². The SMILES string of the molecule is Cc1cccc(NC(=O)COc2ccc(S(=O)(=O)N3CCCc4ccccc43)cc2Cl)c1C. The second-order valence-electron chi connectivity index (χ2n) is 7.99. The van der Waals surface area contributed by atoms with Gasteiger partial charge in [-0.15, -0.1) is 0 Å². The predicted molar refractivity (Wildman–Crippen MR) is 131 cm³/mol. The van der Waals surface area contributed by atoms with Crippen molar-refractivity contribution in [2.45, 2.75) is 31.6 Å². The van der Waals surface area contributed by atoms with Gasteiger partial charge in [-0.3, -0.25) is 9.10 Å². The standard InChI is InChI=1S/C25H25ClN2O4S/c1-17-7-5-10-22(18(17)2)27-25(29)16-32-24-13-12-20(15-21(24)26)33(30,31)28-14-6-9-19-8-3-4-11-23(19)28/h3-5,7-8,10-13,15H,6,9,14,16H2,1-2H3,(H,27,29). The highest BCUT2D eigenvalue weighted by molar-refractivity contribution is 7.92. The summed E-state index contributed by atoms with van der Waals surface area (Å²) >= 11 is 6.32. The Hall–Kier alpha value is -3.03. The van der Waals surface area contributed by atoms with Crippen molar-refractivity contribution in [2.75, 3.05) is 22.8 Å². The molecule has 1 amide bonds. The molecule has 1 heterocycles. The van der Waals surface area contributed by atoms with Crippen LogP contribution in [-0.2, 0) is 21.2 Å². The summed E-state index contributed by atoms with van der Waals surface area (Å²) in [7, 11) is -3.78. The van der Waals surface area contributed by atoms with Crippen LogP contribution in [0.25, 0.3) is 0 Å². The topological polar surface area (TPSA) is 75.7 Å². The Morgan fingerprint density at radius 1 is 1.09 bits per heavy atom. The van der Waals surface area contributed by atoms with Crippen LogP contribution in [0.5, 0.6) is 5.75 Å². The third kappa shape index (κ3) is 4.84. The van der Waals surface area contributed by atoms with E-state index in [9.17, 15) is 13.2 Å². The van der Waals surface area contributed by atoms with Crippen LogP contribution < -0.4 is 14.4 Å². The highest BCUT2D eigenvalue weighted by atomic mass is 35.5. The fourth-order valence-electron chi connectivity index (χ4n) is 3.85. The monoisotopic (exact) mass is 484 g/mol. The number of rotatable bonds is 6. The molecule has 0 radical (unpaired) electrons. The maximum absolute atomic E-state index is 13.3. The van der Waals surface area contributed by atoms with E-state index in [1.54, 1.807) is 0 Å². The van der Waals surface area contributed by atoms with Gasteiger partial charge in [-0.25, -0.2) is 8.42 Å². The van der Waals surface area contributed by atoms with Crippen molar-refractivity contribution >= 4 is 38.9 Å². The van der Waals surface area contributed by atoms with Crippen LogP contribution in [0.2, 0.25) is 5.02 Å². The third-order valence-electron chi connectivity index (χ3n) is 5.80. The van der Waals surface area contributed by atoms with Crippen LogP contribution in [0.3, 0.4) is 0 Å². The molecule has 0 aliphatic carbocycles. The van der Waals surface area contributed by atoms with Crippen molar-refractivity contribution in [1.29, 1.82) is 0 Å². The average molecular weight is 485 g/mol. The summed E-state index contributed by atoms with van der Waals surface area (Å²) in [4.78, 5) is 12.4. The number of para-hydroxylation sites is 1. The quantitative estimate of drug-likeness (QED) is 0.527. The van der Waals surface area contributed by atoms with Crippen molar-refractivity contribution in [1.82, 2.24) is 0 Å². The smallest absolute Gasteiger partial charge is 0.264 e. The van der Waals surface area contributed by atoms with E-state index in [0.717, 1.165) is 35.2 Å². The lowest BCUT2D eigenvalue weighted by Crippen LogP contribution is -2.35. The number of halogens is 1. The molecule has 0 unspecified atom stereocenters. The van der Waals surface area contributed by atoms with Crippen molar-refractivity contribution in [2.24, 2.45) is 0 Å². The summed E-state index contributed by atoms with van der Waals surface area (Å²) in [6, 6.07) is 17.5. The molecule has 1 aliphatic rings. The number of aryl methyl sites for hydroxylation is 2. The van der Waals surface area contributed by atoms with E-state index in [2.05, 4.69) is 5.32 Å². The number of anilines is 2. The van der Waals surface area contributed by atoms with Crippen molar-refractivity contribution in [3.63, 3.8) is 0 Å². The van der Waals surface area contributed by atoms with Gasteiger partial charge in [0.25, 0.3) is 15.9 Å². The zero-order valence-electron chi connectivity index (χ0n) is 18.5. The molecule has 0 bridgehead atoms. The van der Waals surface area contributed by atoms with Crippen LogP contribution in [-0.4, -0.2) is 27.5 Å². The largest absolute Gasteiger partial charge is 0.482 e. The predicted octanol–water partition coefficient (Wildman–Crippen LogP) is 5.12. The van der Waals surface area contributed by atoms with Gasteiger partial charge in [0, 0.05) is 12.2 Å². The van der Waals surface area contributed by atoms with Gasteiger partial charge in [0.05, 0.1) is 15.6 Å². The van der Waals surface area contributed by atoms with Gasteiger partial charge >= 0.3 is 0 Å². The normalized spacial score (nSPS) is 13.4. The van der Waals surface area contributed by atoms with Crippen LogP contribution >= 0.6 is 11.6 Å². The Morgan fingerprint density at radius 2 is 1.88 bits per heavy atom. The van der Waals surface area contributed by atoms with Crippen LogP contribution in [0, 0.1) is 13.8 Å². The van der Waals surface area contributed by atoms with Gasteiger partial charge in [-0.2, -0.15) is 0 Å². The molecule has 6 nitrogen and oxygen atoms in total. The molecular formula is C25H25ClN2O4S. The molecule has 1 N–H and O–H groups in total. The Labute approximate surface area is 199 Å². The Bertz CT molecular complexity index is 1310. The highest BCUT2D eigenvalue weighted by Gasteiger charge is 2.29. The minimum atomic E-state index is -3.78. The molecule has 33 heavy (non-hydrogen) atoms. The first-order valence-corrected chi connectivity index (χ1v) is 12.5. The van der Waals surface area contributed by atoms with Gasteiger partial charge in [0.2, 0.25) is 0 Å². The summed E-state index contributed by atoms with van der Waals surface area (Å²) in [6.45, 7) is 4.06. The summed E-state index contributed by atoms with van der Waals surface area (Å²) in [6.07, 6.45) is 1.60. The first-order chi connectivity index (χ1) is 15.8. The fourth-order valence-corrected chi connectivity index (χ4v) is 5.72. The Kier molecular flexibility index (Phi) is 6.63. The number of nitrogens with one attached hydrogen (secondary N) is 1. The molecule has 172 valence electrons. The number of benzene rings is 3. The number of sulfonamides is 1. The fraction of sp³-hybridized carbons (Fsp3) is 0.240. The first kappa shape index (κ1) is 23.1. The lowest BCUT2D eigenvalue weighted by Gasteiger charge is -2.30.